The molecule has 1 aliphatic carbocycles. The largest absolute Gasteiger partial charge is 0.298 e. The number of rotatable bonds is 2. The Bertz CT molecular complexity index is 1020. The Morgan fingerprint density at radius 1 is 0.600 bits per heavy atom. The van der Waals surface area contributed by atoms with Crippen molar-refractivity contribution in [3.05, 3.63) is 93.2 Å². The molecule has 0 aliphatic heterocycles. The van der Waals surface area contributed by atoms with Crippen LogP contribution in [0.15, 0.2) is 66.7 Å². The van der Waals surface area contributed by atoms with Crippen LogP contribution in [0.2, 0.25) is 0 Å². The number of hydrogen-bond acceptors (Lipinski definition) is 1. The maximum atomic E-state index is 11.3. The molecule has 0 N–H and O–H groups in total. The molecule has 3 aromatic carbocycles. The van der Waals surface area contributed by atoms with E-state index in [9.17, 15) is 4.79 Å². The van der Waals surface area contributed by atoms with Gasteiger partial charge in [-0.05, 0) is 32.0 Å². The van der Waals surface area contributed by atoms with Crippen LogP contribution in [0.3, 0.4) is 0 Å². The second kappa shape index (κ2) is 4.17. The van der Waals surface area contributed by atoms with Crippen molar-refractivity contribution >= 4 is 6.29 Å². The van der Waals surface area contributed by atoms with Crippen LogP contribution in [-0.4, -0.2) is 6.29 Å². The van der Waals surface area contributed by atoms with E-state index in [4.69, 9.17) is 0 Å². The predicted molar refractivity (Wildman–Crippen MR) is 79.1 cm³/mol. The smallest absolute Gasteiger partial charge is 0.150 e. The molecule has 0 radical (unpaired) electrons. The lowest BCUT2D eigenvalue weighted by Gasteiger charge is -2.11. The average Bonchev–Trinajstić information content (AvgIpc) is 2.51. The summed E-state index contributed by atoms with van der Waals surface area (Å²) < 4.78 is 0. The van der Waals surface area contributed by atoms with Gasteiger partial charge >= 0.3 is 0 Å². The normalized spacial score (nSPS) is 11.2. The van der Waals surface area contributed by atoms with Crippen molar-refractivity contribution in [1.29, 1.82) is 0 Å². The maximum Gasteiger partial charge on any atom is 0.150 e. The van der Waals surface area contributed by atoms with E-state index in [1.165, 1.54) is 20.9 Å². The van der Waals surface area contributed by atoms with E-state index in [1.54, 1.807) is 0 Å². The zero-order valence-corrected chi connectivity index (χ0v) is 10.8. The van der Waals surface area contributed by atoms with Crippen LogP contribution in [0.4, 0.5) is 0 Å². The predicted octanol–water partition coefficient (Wildman–Crippen LogP) is 4.05. The highest BCUT2D eigenvalue weighted by atomic mass is 16.1. The Labute approximate surface area is 116 Å². The third-order valence-electron chi connectivity index (χ3n) is 3.93. The van der Waals surface area contributed by atoms with Gasteiger partial charge in [0.1, 0.15) is 0 Å². The summed E-state index contributed by atoms with van der Waals surface area (Å²) in [4.78, 5) is 11.3. The molecule has 4 rings (SSSR count). The highest BCUT2D eigenvalue weighted by molar-refractivity contribution is 5.87. The van der Waals surface area contributed by atoms with E-state index in [2.05, 4.69) is 42.5 Å². The van der Waals surface area contributed by atoms with Gasteiger partial charge in [0.15, 0.2) is 6.29 Å². The number of aldehydes is 1. The topological polar surface area (TPSA) is 17.1 Å². The third-order valence-corrected chi connectivity index (χ3v) is 3.93. The zero-order chi connectivity index (χ0) is 13.5. The monoisotopic (exact) mass is 256 g/mol. The number of benzene rings is 3. The molecule has 1 nitrogen and oxygen atoms in total. The van der Waals surface area contributed by atoms with Gasteiger partial charge in [0.05, 0.1) is 0 Å². The van der Waals surface area contributed by atoms with E-state index < -0.39 is 0 Å². The van der Waals surface area contributed by atoms with Crippen LogP contribution in [0.5, 0.6) is 0 Å². The Morgan fingerprint density at radius 2 is 1.25 bits per heavy atom. The maximum absolute atomic E-state index is 11.3. The molecule has 0 fully saturated rings. The summed E-state index contributed by atoms with van der Waals surface area (Å²) in [6, 6.07) is 22.5. The standard InChI is InChI=1S/C19H12O/c20-12-13-6-1-2-7-14(13)16-10-5-11-18-15-8-3-4-9-17(15)19(16)18/h1-12H. The van der Waals surface area contributed by atoms with Crippen LogP contribution < -0.4 is 0 Å². The molecular formula is C19H12O. The van der Waals surface area contributed by atoms with Crippen molar-refractivity contribution in [2.75, 3.05) is 0 Å². The lowest BCUT2D eigenvalue weighted by atomic mass is 9.92. The zero-order valence-electron chi connectivity index (χ0n) is 10.8. The van der Waals surface area contributed by atoms with Crippen LogP contribution in [-0.2, 0) is 0 Å². The Morgan fingerprint density at radius 3 is 2.10 bits per heavy atom. The van der Waals surface area contributed by atoms with E-state index >= 15 is 0 Å². The average molecular weight is 256 g/mol. The number of hydrogen-bond donors (Lipinski definition) is 0. The summed E-state index contributed by atoms with van der Waals surface area (Å²) in [5, 5.41) is 5.11. The van der Waals surface area contributed by atoms with Crippen LogP contribution in [0.25, 0.3) is 11.1 Å². The molecule has 0 saturated carbocycles. The van der Waals surface area contributed by atoms with Crippen molar-refractivity contribution < 1.29 is 4.79 Å². The minimum Gasteiger partial charge on any atom is -0.298 e. The van der Waals surface area contributed by atoms with Crippen molar-refractivity contribution in [2.45, 2.75) is 0 Å². The first-order valence-electron chi connectivity index (χ1n) is 6.67. The minimum absolute atomic E-state index is 0.741. The first-order valence-corrected chi connectivity index (χ1v) is 6.67. The molecule has 1 aliphatic rings. The Kier molecular flexibility index (Phi) is 2.33. The molecule has 0 unspecified atom stereocenters. The van der Waals surface area contributed by atoms with E-state index in [0.29, 0.717) is 0 Å². The summed E-state index contributed by atoms with van der Waals surface area (Å²) in [5.74, 6) is 0. The van der Waals surface area contributed by atoms with Crippen LogP contribution in [0, 0.1) is 20.9 Å². The van der Waals surface area contributed by atoms with Gasteiger partial charge in [-0.3, -0.25) is 4.79 Å². The van der Waals surface area contributed by atoms with Crippen molar-refractivity contribution in [1.82, 2.24) is 0 Å². The van der Waals surface area contributed by atoms with Gasteiger partial charge in [-0.15, -0.1) is 0 Å². The molecule has 0 saturated heterocycles. The molecule has 0 aromatic heterocycles. The molecule has 94 valence electrons. The summed E-state index contributed by atoms with van der Waals surface area (Å²) in [5.41, 5.74) is 2.89. The van der Waals surface area contributed by atoms with Gasteiger partial charge in [-0.2, -0.15) is 0 Å². The van der Waals surface area contributed by atoms with Gasteiger partial charge in [0.25, 0.3) is 0 Å². The molecular weight excluding hydrogens is 244 g/mol. The SMILES string of the molecule is O=Cc1ccccc1-c1cccc2c1=c1ccccc1=2. The van der Waals surface area contributed by atoms with E-state index in [-0.39, 0.29) is 0 Å². The summed E-state index contributed by atoms with van der Waals surface area (Å²) in [7, 11) is 0. The second-order valence-electron chi connectivity index (χ2n) is 4.98. The van der Waals surface area contributed by atoms with Gasteiger partial charge in [0.2, 0.25) is 0 Å². The molecule has 20 heavy (non-hydrogen) atoms. The van der Waals surface area contributed by atoms with Gasteiger partial charge in [0, 0.05) is 5.56 Å². The molecule has 0 atom stereocenters. The van der Waals surface area contributed by atoms with Crippen molar-refractivity contribution in [2.24, 2.45) is 0 Å². The molecule has 3 aromatic rings. The van der Waals surface area contributed by atoms with Crippen molar-refractivity contribution in [3.63, 3.8) is 0 Å². The Hall–Kier alpha value is -2.67. The summed E-state index contributed by atoms with van der Waals surface area (Å²) in [6.07, 6.45) is 0.930. The third kappa shape index (κ3) is 1.41. The minimum atomic E-state index is 0.741. The fraction of sp³-hybridized carbons (Fsp3) is 0. The van der Waals surface area contributed by atoms with Gasteiger partial charge in [-0.1, -0.05) is 66.7 Å². The number of carbonyl (C=O) groups excluding carboxylic acids is 1. The fourth-order valence-corrected chi connectivity index (χ4v) is 3.01. The second-order valence-corrected chi connectivity index (χ2v) is 4.98. The lowest BCUT2D eigenvalue weighted by Crippen LogP contribution is -1.96. The number of fused-ring (bicyclic) bond motifs is 2. The summed E-state index contributed by atoms with van der Waals surface area (Å²) in [6.45, 7) is 0. The molecule has 0 spiro atoms. The van der Waals surface area contributed by atoms with E-state index in [0.717, 1.165) is 23.0 Å². The highest BCUT2D eigenvalue weighted by Crippen LogP contribution is 2.27. The molecule has 0 heterocycles. The van der Waals surface area contributed by atoms with Crippen LogP contribution >= 0.6 is 0 Å². The quantitative estimate of drug-likeness (QED) is 0.494. The first-order chi connectivity index (χ1) is 9.90. The summed E-state index contributed by atoms with van der Waals surface area (Å²) >= 11 is 0. The first kappa shape index (κ1) is 11.2. The molecule has 0 bridgehead atoms. The van der Waals surface area contributed by atoms with Crippen molar-refractivity contribution in [3.8, 4) is 11.1 Å². The lowest BCUT2D eigenvalue weighted by molar-refractivity contribution is 0.112. The van der Waals surface area contributed by atoms with Gasteiger partial charge < -0.3 is 0 Å². The highest BCUT2D eigenvalue weighted by Gasteiger charge is 2.10. The Balaban J connectivity index is 2.16. The number of carbonyl (C=O) groups is 1. The van der Waals surface area contributed by atoms with E-state index in [1.807, 2.05) is 24.3 Å². The molecule has 1 heteroatoms. The molecule has 0 amide bonds. The van der Waals surface area contributed by atoms with Gasteiger partial charge in [-0.25, -0.2) is 0 Å². The fourth-order valence-electron chi connectivity index (χ4n) is 3.01. The van der Waals surface area contributed by atoms with Crippen LogP contribution in [0.1, 0.15) is 10.4 Å².